The van der Waals surface area contributed by atoms with Gasteiger partial charge in [-0.2, -0.15) is 4.37 Å². The van der Waals surface area contributed by atoms with Crippen molar-refractivity contribution in [3.63, 3.8) is 0 Å². The van der Waals surface area contributed by atoms with Crippen molar-refractivity contribution in [3.05, 3.63) is 107 Å². The highest BCUT2D eigenvalue weighted by atomic mass is 32.1. The lowest BCUT2D eigenvalue weighted by Crippen LogP contribution is -2.49. The van der Waals surface area contributed by atoms with Gasteiger partial charge in [0.1, 0.15) is 11.6 Å². The molecule has 1 saturated heterocycles. The number of anilines is 1. The third-order valence-electron chi connectivity index (χ3n) is 6.93. The minimum atomic E-state index is 0.184. The van der Waals surface area contributed by atoms with Crippen molar-refractivity contribution in [2.24, 2.45) is 0 Å². The number of rotatable bonds is 11. The van der Waals surface area contributed by atoms with Crippen LogP contribution in [0.3, 0.4) is 0 Å². The van der Waals surface area contributed by atoms with Crippen LogP contribution in [0.2, 0.25) is 0 Å². The zero-order chi connectivity index (χ0) is 26.9. The highest BCUT2D eigenvalue weighted by Gasteiger charge is 2.22. The average molecular weight is 542 g/mol. The molecule has 1 aliphatic rings. The SMILES string of the molecule is Cc1ccc(Cc2nsc(N(CCC(=O)N3CCN(CC=Cc4ccccc4)CC3)Cc3ccco3)n2)cc1. The molecule has 39 heavy (non-hydrogen) atoms. The van der Waals surface area contributed by atoms with Gasteiger partial charge >= 0.3 is 0 Å². The number of furan rings is 1. The van der Waals surface area contributed by atoms with E-state index in [2.05, 4.69) is 81.8 Å². The summed E-state index contributed by atoms with van der Waals surface area (Å²) < 4.78 is 10.2. The van der Waals surface area contributed by atoms with E-state index in [0.29, 0.717) is 25.9 Å². The monoisotopic (exact) mass is 541 g/mol. The number of carbonyl (C=O) groups is 1. The average Bonchev–Trinajstić information content (AvgIpc) is 3.65. The molecule has 4 aromatic rings. The Balaban J connectivity index is 1.13. The van der Waals surface area contributed by atoms with Crippen LogP contribution >= 0.6 is 11.5 Å². The van der Waals surface area contributed by atoms with Gasteiger partial charge in [-0.05, 0) is 30.2 Å². The molecule has 1 amide bonds. The molecule has 2 aromatic heterocycles. The molecule has 1 aliphatic heterocycles. The van der Waals surface area contributed by atoms with Crippen molar-refractivity contribution in [2.75, 3.05) is 44.2 Å². The quantitative estimate of drug-likeness (QED) is 0.257. The molecule has 0 spiro atoms. The van der Waals surface area contributed by atoms with Crippen molar-refractivity contribution in [1.82, 2.24) is 19.2 Å². The molecule has 8 heteroatoms. The lowest BCUT2D eigenvalue weighted by Gasteiger charge is -2.34. The maximum absolute atomic E-state index is 13.1. The Morgan fingerprint density at radius 3 is 2.56 bits per heavy atom. The number of benzene rings is 2. The van der Waals surface area contributed by atoms with Crippen LogP contribution in [0.4, 0.5) is 5.13 Å². The summed E-state index contributed by atoms with van der Waals surface area (Å²) in [6.45, 7) is 7.40. The maximum Gasteiger partial charge on any atom is 0.224 e. The molecule has 202 valence electrons. The van der Waals surface area contributed by atoms with Gasteiger partial charge in [-0.1, -0.05) is 72.3 Å². The van der Waals surface area contributed by atoms with E-state index in [1.807, 2.05) is 23.1 Å². The molecule has 0 N–H and O–H groups in total. The molecule has 0 bridgehead atoms. The Bertz CT molecular complexity index is 1330. The topological polar surface area (TPSA) is 65.7 Å². The van der Waals surface area contributed by atoms with E-state index in [0.717, 1.165) is 49.4 Å². The molecule has 0 unspecified atom stereocenters. The lowest BCUT2D eigenvalue weighted by atomic mass is 10.1. The number of aryl methyl sites for hydroxylation is 1. The maximum atomic E-state index is 13.1. The van der Waals surface area contributed by atoms with Crippen molar-refractivity contribution < 1.29 is 9.21 Å². The van der Waals surface area contributed by atoms with Gasteiger partial charge in [0.15, 0.2) is 0 Å². The number of hydrogen-bond acceptors (Lipinski definition) is 7. The van der Waals surface area contributed by atoms with Crippen LogP contribution in [-0.4, -0.2) is 64.3 Å². The first-order valence-electron chi connectivity index (χ1n) is 13.5. The fourth-order valence-electron chi connectivity index (χ4n) is 4.64. The summed E-state index contributed by atoms with van der Waals surface area (Å²) in [6, 6.07) is 22.6. The zero-order valence-electron chi connectivity index (χ0n) is 22.4. The molecule has 1 fully saturated rings. The lowest BCUT2D eigenvalue weighted by molar-refractivity contribution is -0.132. The smallest absolute Gasteiger partial charge is 0.224 e. The number of carbonyl (C=O) groups excluding carboxylic acids is 1. The molecular weight excluding hydrogens is 506 g/mol. The standard InChI is InChI=1S/C31H35N5O2S/c1-25-11-13-27(14-12-25)23-29-32-31(39-33-29)36(24-28-10-6-22-38-28)17-15-30(37)35-20-18-34(19-21-35)16-5-9-26-7-3-2-4-8-26/h2-14,22H,15-21,23-24H2,1H3. The van der Waals surface area contributed by atoms with Gasteiger partial charge in [0.05, 0.1) is 12.8 Å². The first-order chi connectivity index (χ1) is 19.1. The highest BCUT2D eigenvalue weighted by Crippen LogP contribution is 2.22. The molecular formula is C31H35N5O2S. The van der Waals surface area contributed by atoms with E-state index < -0.39 is 0 Å². The van der Waals surface area contributed by atoms with Crippen LogP contribution < -0.4 is 4.90 Å². The Kier molecular flexibility index (Phi) is 9.19. The fourth-order valence-corrected chi connectivity index (χ4v) is 5.35. The van der Waals surface area contributed by atoms with E-state index in [1.165, 1.54) is 28.2 Å². The van der Waals surface area contributed by atoms with Crippen LogP contribution in [0.1, 0.15) is 34.7 Å². The van der Waals surface area contributed by atoms with Gasteiger partial charge in [-0.25, -0.2) is 4.98 Å². The Labute approximate surface area is 234 Å². The van der Waals surface area contributed by atoms with Crippen LogP contribution in [0, 0.1) is 6.92 Å². The number of piperazine rings is 1. The van der Waals surface area contributed by atoms with Crippen LogP contribution in [0.15, 0.2) is 83.5 Å². The second kappa shape index (κ2) is 13.4. The molecule has 2 aromatic carbocycles. The van der Waals surface area contributed by atoms with E-state index in [4.69, 9.17) is 9.40 Å². The molecule has 0 atom stereocenters. The first kappa shape index (κ1) is 26.8. The summed E-state index contributed by atoms with van der Waals surface area (Å²) in [7, 11) is 0. The zero-order valence-corrected chi connectivity index (χ0v) is 23.2. The predicted molar refractivity (Wildman–Crippen MR) is 157 cm³/mol. The van der Waals surface area contributed by atoms with Gasteiger partial charge in [0.25, 0.3) is 0 Å². The fraction of sp³-hybridized carbons (Fsp3) is 0.323. The first-order valence-corrected chi connectivity index (χ1v) is 14.3. The van der Waals surface area contributed by atoms with Crippen LogP contribution in [-0.2, 0) is 17.8 Å². The minimum Gasteiger partial charge on any atom is -0.467 e. The minimum absolute atomic E-state index is 0.184. The Hall–Kier alpha value is -3.75. The second-order valence-corrected chi connectivity index (χ2v) is 10.6. The summed E-state index contributed by atoms with van der Waals surface area (Å²) in [4.78, 5) is 24.4. The number of nitrogens with zero attached hydrogens (tertiary/aromatic N) is 5. The van der Waals surface area contributed by atoms with Gasteiger partial charge in [-0.3, -0.25) is 9.69 Å². The largest absolute Gasteiger partial charge is 0.467 e. The van der Waals surface area contributed by atoms with E-state index in [-0.39, 0.29) is 5.91 Å². The van der Waals surface area contributed by atoms with Crippen LogP contribution in [0.5, 0.6) is 0 Å². The van der Waals surface area contributed by atoms with Crippen molar-refractivity contribution in [3.8, 4) is 0 Å². The highest BCUT2D eigenvalue weighted by molar-refractivity contribution is 7.09. The predicted octanol–water partition coefficient (Wildman–Crippen LogP) is 5.28. The molecule has 0 aliphatic carbocycles. The molecule has 3 heterocycles. The molecule has 5 rings (SSSR count). The summed E-state index contributed by atoms with van der Waals surface area (Å²) >= 11 is 1.38. The summed E-state index contributed by atoms with van der Waals surface area (Å²) in [5.41, 5.74) is 3.64. The third kappa shape index (κ3) is 7.88. The number of amides is 1. The van der Waals surface area contributed by atoms with Gasteiger partial charge in [0.2, 0.25) is 11.0 Å². The van der Waals surface area contributed by atoms with Crippen molar-refractivity contribution in [1.29, 1.82) is 0 Å². The Morgan fingerprint density at radius 2 is 1.82 bits per heavy atom. The van der Waals surface area contributed by atoms with Gasteiger partial charge in [0, 0.05) is 63.6 Å². The normalized spacial score (nSPS) is 14.2. The number of aromatic nitrogens is 2. The van der Waals surface area contributed by atoms with Crippen molar-refractivity contribution in [2.45, 2.75) is 26.3 Å². The second-order valence-electron chi connectivity index (χ2n) is 9.90. The van der Waals surface area contributed by atoms with Gasteiger partial charge < -0.3 is 14.2 Å². The van der Waals surface area contributed by atoms with E-state index >= 15 is 0 Å². The molecule has 0 radical (unpaired) electrons. The third-order valence-corrected chi connectivity index (χ3v) is 7.75. The van der Waals surface area contributed by atoms with Gasteiger partial charge in [-0.15, -0.1) is 0 Å². The number of hydrogen-bond donors (Lipinski definition) is 0. The Morgan fingerprint density at radius 1 is 1.03 bits per heavy atom. The molecule has 7 nitrogen and oxygen atoms in total. The van der Waals surface area contributed by atoms with E-state index in [9.17, 15) is 4.79 Å². The summed E-state index contributed by atoms with van der Waals surface area (Å²) in [5.74, 6) is 1.82. The summed E-state index contributed by atoms with van der Waals surface area (Å²) in [6.07, 6.45) is 7.16. The summed E-state index contributed by atoms with van der Waals surface area (Å²) in [5, 5.41) is 0.816. The van der Waals surface area contributed by atoms with E-state index in [1.54, 1.807) is 6.26 Å². The van der Waals surface area contributed by atoms with Crippen LogP contribution in [0.25, 0.3) is 6.08 Å². The molecule has 0 saturated carbocycles. The van der Waals surface area contributed by atoms with Crippen molar-refractivity contribution >= 4 is 28.6 Å².